The van der Waals surface area contributed by atoms with Gasteiger partial charge < -0.3 is 63.2 Å². The first-order chi connectivity index (χ1) is 26.3. The molecule has 0 radical (unpaired) electrons. The monoisotopic (exact) mass is 819 g/mol. The lowest BCUT2D eigenvalue weighted by atomic mass is 9.73. The van der Waals surface area contributed by atoms with Crippen LogP contribution >= 0.6 is 0 Å². The van der Waals surface area contributed by atoms with Crippen molar-refractivity contribution < 1.29 is 72.7 Å². The maximum atomic E-state index is 14.3. The third-order valence-corrected chi connectivity index (χ3v) is 13.1. The van der Waals surface area contributed by atoms with Crippen molar-refractivity contribution >= 4 is 17.8 Å². The quantitative estimate of drug-likeness (QED) is 0.247. The number of methoxy groups -OCH3 is 2. The number of carbonyl (C=O) groups is 3. The number of hydrogen-bond donors (Lipinski definition) is 4. The fourth-order valence-electron chi connectivity index (χ4n) is 9.17. The van der Waals surface area contributed by atoms with E-state index < -0.39 is 126 Å². The molecular weight excluding hydrogens is 746 g/mol. The van der Waals surface area contributed by atoms with E-state index in [2.05, 4.69) is 0 Å². The molecule has 0 aliphatic carbocycles. The van der Waals surface area contributed by atoms with Crippen molar-refractivity contribution in [1.82, 2.24) is 4.90 Å². The van der Waals surface area contributed by atoms with E-state index in [0.29, 0.717) is 6.42 Å². The Morgan fingerprint density at radius 3 is 1.98 bits per heavy atom. The predicted molar refractivity (Wildman–Crippen MR) is 206 cm³/mol. The van der Waals surface area contributed by atoms with E-state index in [0.717, 1.165) is 0 Å². The van der Waals surface area contributed by atoms with Crippen LogP contribution in [-0.2, 0) is 52.3 Å². The molecule has 332 valence electrons. The van der Waals surface area contributed by atoms with E-state index in [9.17, 15) is 34.8 Å². The molecule has 3 heterocycles. The molecule has 19 atom stereocenters. The first-order valence-corrected chi connectivity index (χ1v) is 20.4. The number of aliphatic hydroxyl groups excluding tert-OH is 3. The molecule has 0 bridgehead atoms. The van der Waals surface area contributed by atoms with Gasteiger partial charge in [0.2, 0.25) is 5.91 Å². The van der Waals surface area contributed by atoms with Gasteiger partial charge in [0.05, 0.1) is 59.8 Å². The standard InChI is InChI=1S/C41H73NO15/c1-16-29-41(12,49)34(46)22(4)31(45)20(2)18-40(11,51-15)36(57-38-33(54-27(9)44)28(17-21(3)52-38)42(13)26(8)43)23(5)32(24(6)37(48)55-29)56-30-19-39(10,50-14)35(47)25(7)53-30/h20-25,28-36,38,45-47,49H,16-19H2,1-15H3/t20-,21+,22-,23-,24+,25-,28-,29+,30-,31-,32-,33-,34+,35-,36+,38-,39+,40+,41+/m0/s1. The topological polar surface area (TPSA) is 209 Å². The van der Waals surface area contributed by atoms with Gasteiger partial charge in [-0.05, 0) is 66.7 Å². The Bertz CT molecular complexity index is 1350. The van der Waals surface area contributed by atoms with Crippen molar-refractivity contribution in [1.29, 1.82) is 0 Å². The molecule has 0 aromatic heterocycles. The number of rotatable bonds is 9. The molecule has 16 nitrogen and oxygen atoms in total. The number of cyclic esters (lactones) is 1. The van der Waals surface area contributed by atoms with Crippen molar-refractivity contribution in [3.63, 3.8) is 0 Å². The molecule has 1 amide bonds. The lowest BCUT2D eigenvalue weighted by Crippen LogP contribution is -2.62. The van der Waals surface area contributed by atoms with E-state index in [-0.39, 0.29) is 25.2 Å². The first kappa shape index (κ1) is 49.4. The summed E-state index contributed by atoms with van der Waals surface area (Å²) in [5, 5.41) is 46.0. The average molecular weight is 820 g/mol. The summed E-state index contributed by atoms with van der Waals surface area (Å²) < 4.78 is 50.3. The van der Waals surface area contributed by atoms with Crippen LogP contribution in [-0.4, -0.2) is 155 Å². The SMILES string of the molecule is CC[C@H]1OC(=O)[C@H](C)[C@@H](O[C@H]2C[C@@](C)(OC)[C@@H](O)[C@H](C)O2)[C@H](C)[C@@H](O[C@@H]2O[C@H](C)C[C@H](N(C)C(C)=O)[C@@H]2OC(C)=O)[C@](C)(OC)C[C@H](C)[C@H](O)[C@H](C)[C@@H](O)[C@]1(C)O. The van der Waals surface area contributed by atoms with Gasteiger partial charge >= 0.3 is 11.9 Å². The summed E-state index contributed by atoms with van der Waals surface area (Å²) in [6.45, 7) is 19.7. The van der Waals surface area contributed by atoms with Crippen LogP contribution < -0.4 is 0 Å². The molecule has 3 fully saturated rings. The second-order valence-electron chi connectivity index (χ2n) is 17.6. The Labute approximate surface area is 339 Å². The molecule has 3 aliphatic rings. The van der Waals surface area contributed by atoms with Gasteiger partial charge in [0.25, 0.3) is 0 Å². The van der Waals surface area contributed by atoms with Crippen molar-refractivity contribution in [2.24, 2.45) is 23.7 Å². The Kier molecular flexibility index (Phi) is 17.0. The Hall–Kier alpha value is -1.99. The molecule has 0 saturated carbocycles. The first-order valence-electron chi connectivity index (χ1n) is 20.4. The molecular formula is C41H73NO15. The number of hydrogen-bond acceptors (Lipinski definition) is 15. The maximum absolute atomic E-state index is 14.3. The minimum Gasteiger partial charge on any atom is -0.459 e. The molecule has 3 aliphatic heterocycles. The lowest BCUT2D eigenvalue weighted by molar-refractivity contribution is -0.320. The fourth-order valence-corrected chi connectivity index (χ4v) is 9.17. The number of ether oxygens (including phenoxy) is 8. The number of aliphatic hydroxyl groups is 4. The Balaban J connectivity index is 2.29. The molecule has 57 heavy (non-hydrogen) atoms. The van der Waals surface area contributed by atoms with E-state index in [1.54, 1.807) is 55.5 Å². The summed E-state index contributed by atoms with van der Waals surface area (Å²) in [6.07, 6.45) is -10.8. The van der Waals surface area contributed by atoms with Gasteiger partial charge in [-0.2, -0.15) is 0 Å². The van der Waals surface area contributed by atoms with E-state index in [1.165, 1.54) is 39.9 Å². The number of carbonyl (C=O) groups excluding carboxylic acids is 3. The lowest BCUT2D eigenvalue weighted by Gasteiger charge is -2.50. The third-order valence-electron chi connectivity index (χ3n) is 13.1. The minimum atomic E-state index is -1.95. The summed E-state index contributed by atoms with van der Waals surface area (Å²) in [5.41, 5.74) is -4.33. The highest BCUT2D eigenvalue weighted by Crippen LogP contribution is 2.42. The van der Waals surface area contributed by atoms with Crippen molar-refractivity contribution in [3.8, 4) is 0 Å². The van der Waals surface area contributed by atoms with Crippen LogP contribution in [0, 0.1) is 23.7 Å². The molecule has 0 spiro atoms. The van der Waals surface area contributed by atoms with Gasteiger partial charge in [0, 0.05) is 53.4 Å². The van der Waals surface area contributed by atoms with Gasteiger partial charge in [-0.15, -0.1) is 0 Å². The second kappa shape index (κ2) is 19.6. The molecule has 0 unspecified atom stereocenters. The van der Waals surface area contributed by atoms with Gasteiger partial charge in [-0.25, -0.2) is 0 Å². The van der Waals surface area contributed by atoms with Crippen LogP contribution in [0.2, 0.25) is 0 Å². The fraction of sp³-hybridized carbons (Fsp3) is 0.927. The molecule has 4 N–H and O–H groups in total. The Morgan fingerprint density at radius 1 is 0.860 bits per heavy atom. The highest BCUT2D eigenvalue weighted by atomic mass is 16.7. The highest BCUT2D eigenvalue weighted by Gasteiger charge is 2.54. The minimum absolute atomic E-state index is 0.0868. The van der Waals surface area contributed by atoms with Crippen LogP contribution in [0.3, 0.4) is 0 Å². The van der Waals surface area contributed by atoms with Crippen LogP contribution in [0.25, 0.3) is 0 Å². The van der Waals surface area contributed by atoms with E-state index in [4.69, 9.17) is 37.9 Å². The molecule has 16 heteroatoms. The summed E-state index contributed by atoms with van der Waals surface area (Å²) in [4.78, 5) is 41.1. The summed E-state index contributed by atoms with van der Waals surface area (Å²) in [6, 6.07) is -0.624. The van der Waals surface area contributed by atoms with Crippen LogP contribution in [0.15, 0.2) is 0 Å². The zero-order valence-electron chi connectivity index (χ0n) is 36.8. The summed E-state index contributed by atoms with van der Waals surface area (Å²) in [5.74, 6) is -4.93. The van der Waals surface area contributed by atoms with E-state index in [1.807, 2.05) is 13.8 Å². The Morgan fingerprint density at radius 2 is 1.46 bits per heavy atom. The number of likely N-dealkylation sites (N-methyl/N-ethyl adjacent to an activating group) is 1. The van der Waals surface area contributed by atoms with Gasteiger partial charge in [0.1, 0.15) is 17.8 Å². The summed E-state index contributed by atoms with van der Waals surface area (Å²) in [7, 11) is 4.60. The molecule has 0 aromatic carbocycles. The second-order valence-corrected chi connectivity index (χ2v) is 17.6. The number of amides is 1. The normalized spacial score (nSPS) is 46.7. The van der Waals surface area contributed by atoms with Crippen molar-refractivity contribution in [2.75, 3.05) is 21.3 Å². The van der Waals surface area contributed by atoms with Crippen molar-refractivity contribution in [2.45, 2.75) is 199 Å². The molecule has 3 rings (SSSR count). The predicted octanol–water partition coefficient (Wildman–Crippen LogP) is 2.72. The van der Waals surface area contributed by atoms with Crippen LogP contribution in [0.1, 0.15) is 109 Å². The van der Waals surface area contributed by atoms with Gasteiger partial charge in [0.15, 0.2) is 18.7 Å². The number of nitrogens with zero attached hydrogens (tertiary/aromatic N) is 1. The highest BCUT2D eigenvalue weighted by molar-refractivity contribution is 5.74. The average Bonchev–Trinajstić information content (AvgIpc) is 3.14. The molecule has 3 saturated heterocycles. The van der Waals surface area contributed by atoms with Crippen LogP contribution in [0.5, 0.6) is 0 Å². The number of esters is 2. The smallest absolute Gasteiger partial charge is 0.311 e. The van der Waals surface area contributed by atoms with Crippen molar-refractivity contribution in [3.05, 3.63) is 0 Å². The van der Waals surface area contributed by atoms with Gasteiger partial charge in [-0.3, -0.25) is 14.4 Å². The summed E-state index contributed by atoms with van der Waals surface area (Å²) >= 11 is 0. The van der Waals surface area contributed by atoms with E-state index >= 15 is 0 Å². The van der Waals surface area contributed by atoms with Crippen LogP contribution in [0.4, 0.5) is 0 Å². The third kappa shape index (κ3) is 10.9. The zero-order valence-corrected chi connectivity index (χ0v) is 36.8. The maximum Gasteiger partial charge on any atom is 0.311 e. The van der Waals surface area contributed by atoms with Gasteiger partial charge in [-0.1, -0.05) is 27.7 Å². The zero-order chi connectivity index (χ0) is 43.5. The largest absolute Gasteiger partial charge is 0.459 e. The molecule has 0 aromatic rings.